The fourth-order valence-corrected chi connectivity index (χ4v) is 4.02. The number of thiophene rings is 1. The van der Waals surface area contributed by atoms with Crippen molar-refractivity contribution in [3.05, 3.63) is 88.2 Å². The molecule has 0 unspecified atom stereocenters. The van der Waals surface area contributed by atoms with Crippen LogP contribution < -0.4 is 9.80 Å². The third-order valence-corrected chi connectivity index (χ3v) is 5.45. The molecule has 2 heterocycles. The van der Waals surface area contributed by atoms with Crippen LogP contribution in [0.5, 0.6) is 0 Å². The van der Waals surface area contributed by atoms with Crippen molar-refractivity contribution in [3.8, 4) is 0 Å². The van der Waals surface area contributed by atoms with E-state index >= 15 is 0 Å². The first-order valence-electron chi connectivity index (χ1n) is 8.60. The summed E-state index contributed by atoms with van der Waals surface area (Å²) in [6.45, 7) is 1.94. The molecule has 0 radical (unpaired) electrons. The summed E-state index contributed by atoms with van der Waals surface area (Å²) in [4.78, 5) is 30.5. The second-order valence-corrected chi connectivity index (χ2v) is 7.33. The summed E-state index contributed by atoms with van der Waals surface area (Å²) in [7, 11) is 1.82. The zero-order valence-corrected chi connectivity index (χ0v) is 15.9. The lowest BCUT2D eigenvalue weighted by Gasteiger charge is -2.21. The largest absolute Gasteiger partial charge is 0.339 e. The summed E-state index contributed by atoms with van der Waals surface area (Å²) in [5.74, 6) is -0.591. The van der Waals surface area contributed by atoms with Gasteiger partial charge in [0.15, 0.2) is 0 Å². The zero-order valence-electron chi connectivity index (χ0n) is 15.0. The van der Waals surface area contributed by atoms with Crippen molar-refractivity contribution in [2.24, 2.45) is 0 Å². The van der Waals surface area contributed by atoms with Crippen LogP contribution in [0.1, 0.15) is 10.4 Å². The van der Waals surface area contributed by atoms with Gasteiger partial charge in [-0.3, -0.25) is 9.59 Å². The number of hydrogen-bond donors (Lipinski definition) is 0. The number of likely N-dealkylation sites (N-methyl/N-ethyl adjacent to an activating group) is 1. The molecule has 1 aliphatic heterocycles. The Bertz CT molecular complexity index is 1040. The van der Waals surface area contributed by atoms with Crippen molar-refractivity contribution in [2.45, 2.75) is 6.92 Å². The van der Waals surface area contributed by atoms with Crippen LogP contribution in [0, 0.1) is 6.92 Å². The molecule has 0 saturated carbocycles. The van der Waals surface area contributed by atoms with E-state index in [0.717, 1.165) is 16.1 Å². The van der Waals surface area contributed by atoms with E-state index in [9.17, 15) is 9.59 Å². The predicted molar refractivity (Wildman–Crippen MR) is 110 cm³/mol. The van der Waals surface area contributed by atoms with Crippen LogP contribution in [-0.2, 0) is 9.59 Å². The maximum absolute atomic E-state index is 13.4. The molecule has 2 aromatic carbocycles. The van der Waals surface area contributed by atoms with Crippen LogP contribution in [0.25, 0.3) is 5.57 Å². The van der Waals surface area contributed by atoms with Gasteiger partial charge in [0.05, 0.1) is 11.3 Å². The van der Waals surface area contributed by atoms with Crippen LogP contribution in [-0.4, -0.2) is 18.9 Å². The lowest BCUT2D eigenvalue weighted by atomic mass is 10.1. The van der Waals surface area contributed by atoms with Gasteiger partial charge >= 0.3 is 0 Å². The number of carbonyl (C=O) groups is 2. The first-order valence-corrected chi connectivity index (χ1v) is 9.48. The van der Waals surface area contributed by atoms with Gasteiger partial charge in [0, 0.05) is 17.6 Å². The number of aryl methyl sites for hydroxylation is 1. The van der Waals surface area contributed by atoms with E-state index in [0.29, 0.717) is 17.0 Å². The molecule has 5 heteroatoms. The quantitative estimate of drug-likeness (QED) is 0.632. The molecule has 4 nitrogen and oxygen atoms in total. The van der Waals surface area contributed by atoms with Crippen LogP contribution in [0.2, 0.25) is 0 Å². The lowest BCUT2D eigenvalue weighted by molar-refractivity contribution is -0.120. The Morgan fingerprint density at radius 1 is 0.889 bits per heavy atom. The topological polar surface area (TPSA) is 40.6 Å². The summed E-state index contributed by atoms with van der Waals surface area (Å²) in [5, 5.41) is 1.91. The number of nitrogens with zero attached hydrogens (tertiary/aromatic N) is 2. The molecule has 0 bridgehead atoms. The maximum atomic E-state index is 13.4. The summed E-state index contributed by atoms with van der Waals surface area (Å²) >= 11 is 1.46. The van der Waals surface area contributed by atoms with Crippen LogP contribution in [0.4, 0.5) is 11.4 Å². The minimum Gasteiger partial charge on any atom is -0.339 e. The molecule has 27 heavy (non-hydrogen) atoms. The van der Waals surface area contributed by atoms with Crippen molar-refractivity contribution in [1.82, 2.24) is 0 Å². The molecule has 134 valence electrons. The molecule has 1 aliphatic rings. The van der Waals surface area contributed by atoms with Gasteiger partial charge in [0.1, 0.15) is 5.70 Å². The molecule has 0 atom stereocenters. The molecule has 4 rings (SSSR count). The second kappa shape index (κ2) is 6.85. The van der Waals surface area contributed by atoms with E-state index in [1.54, 1.807) is 11.0 Å². The fraction of sp³-hybridized carbons (Fsp3) is 0.0909. The highest BCUT2D eigenvalue weighted by Crippen LogP contribution is 2.37. The van der Waals surface area contributed by atoms with Gasteiger partial charge in [-0.15, -0.1) is 11.3 Å². The first kappa shape index (κ1) is 17.2. The van der Waals surface area contributed by atoms with Gasteiger partial charge < -0.3 is 4.90 Å². The molecule has 2 amide bonds. The van der Waals surface area contributed by atoms with Crippen LogP contribution in [0.15, 0.2) is 77.8 Å². The first-order chi connectivity index (χ1) is 13.1. The Kier molecular flexibility index (Phi) is 4.38. The third-order valence-electron chi connectivity index (χ3n) is 4.57. The number of anilines is 2. The Morgan fingerprint density at radius 2 is 1.67 bits per heavy atom. The van der Waals surface area contributed by atoms with Crippen molar-refractivity contribution in [3.63, 3.8) is 0 Å². The molecular weight excluding hydrogens is 356 g/mol. The molecule has 3 aromatic rings. The van der Waals surface area contributed by atoms with E-state index in [1.807, 2.05) is 80.0 Å². The van der Waals surface area contributed by atoms with Crippen molar-refractivity contribution >= 4 is 40.1 Å². The van der Waals surface area contributed by atoms with Gasteiger partial charge in [0.2, 0.25) is 0 Å². The molecule has 0 aliphatic carbocycles. The number of hydrogen-bond acceptors (Lipinski definition) is 4. The maximum Gasteiger partial charge on any atom is 0.282 e. The molecular formula is C22H18N2O2S. The zero-order chi connectivity index (χ0) is 19.0. The Balaban J connectivity index is 1.86. The minimum atomic E-state index is -0.305. The van der Waals surface area contributed by atoms with E-state index in [-0.39, 0.29) is 11.8 Å². The summed E-state index contributed by atoms with van der Waals surface area (Å²) in [6.07, 6.45) is 0. The van der Waals surface area contributed by atoms with Gasteiger partial charge in [-0.05, 0) is 48.2 Å². The normalized spacial score (nSPS) is 14.2. The van der Waals surface area contributed by atoms with Crippen LogP contribution >= 0.6 is 11.3 Å². The molecule has 0 N–H and O–H groups in total. The average molecular weight is 374 g/mol. The van der Waals surface area contributed by atoms with E-state index < -0.39 is 0 Å². The number of carbonyl (C=O) groups excluding carboxylic acids is 2. The highest BCUT2D eigenvalue weighted by Gasteiger charge is 2.42. The van der Waals surface area contributed by atoms with Crippen molar-refractivity contribution in [1.29, 1.82) is 0 Å². The molecule has 0 spiro atoms. The average Bonchev–Trinajstić information content (AvgIpc) is 3.28. The van der Waals surface area contributed by atoms with Crippen molar-refractivity contribution in [2.75, 3.05) is 16.8 Å². The van der Waals surface area contributed by atoms with Gasteiger partial charge in [-0.25, -0.2) is 4.90 Å². The minimum absolute atomic E-state index is 0.286. The Labute approximate surface area is 162 Å². The van der Waals surface area contributed by atoms with E-state index in [2.05, 4.69) is 0 Å². The summed E-state index contributed by atoms with van der Waals surface area (Å²) in [5.41, 5.74) is 3.29. The van der Waals surface area contributed by atoms with Crippen molar-refractivity contribution < 1.29 is 9.59 Å². The molecule has 0 saturated heterocycles. The standard InChI is InChI=1S/C22H18N2O2S/c1-15-8-6-11-17(14-15)24-21(25)19(18-12-7-13-27-18)20(22(24)26)23(2)16-9-4-3-5-10-16/h3-14H,1-2H3. The number of amides is 2. The van der Waals surface area contributed by atoms with Gasteiger partial charge in [-0.1, -0.05) is 36.4 Å². The van der Waals surface area contributed by atoms with E-state index in [1.165, 1.54) is 16.2 Å². The number of benzene rings is 2. The van der Waals surface area contributed by atoms with Crippen LogP contribution in [0.3, 0.4) is 0 Å². The second-order valence-electron chi connectivity index (χ2n) is 6.38. The number of rotatable bonds is 4. The molecule has 0 fully saturated rings. The Hall–Kier alpha value is -3.18. The smallest absolute Gasteiger partial charge is 0.282 e. The summed E-state index contributed by atoms with van der Waals surface area (Å²) in [6, 6.07) is 20.8. The highest BCUT2D eigenvalue weighted by atomic mass is 32.1. The fourth-order valence-electron chi connectivity index (χ4n) is 3.25. The predicted octanol–water partition coefficient (Wildman–Crippen LogP) is 4.48. The lowest BCUT2D eigenvalue weighted by Crippen LogP contribution is -2.34. The number of para-hydroxylation sites is 1. The monoisotopic (exact) mass is 374 g/mol. The van der Waals surface area contributed by atoms with Gasteiger partial charge in [0.25, 0.3) is 11.8 Å². The van der Waals surface area contributed by atoms with E-state index in [4.69, 9.17) is 0 Å². The number of imide groups is 1. The highest BCUT2D eigenvalue weighted by molar-refractivity contribution is 7.11. The molecule has 1 aromatic heterocycles. The summed E-state index contributed by atoms with van der Waals surface area (Å²) < 4.78 is 0. The van der Waals surface area contributed by atoms with Gasteiger partial charge in [-0.2, -0.15) is 0 Å². The third kappa shape index (κ3) is 2.96. The Morgan fingerprint density at radius 3 is 2.33 bits per heavy atom. The SMILES string of the molecule is Cc1cccc(N2C(=O)C(c3cccs3)=C(N(C)c3ccccc3)C2=O)c1.